The van der Waals surface area contributed by atoms with Gasteiger partial charge in [-0.2, -0.15) is 5.10 Å². The summed E-state index contributed by atoms with van der Waals surface area (Å²) in [5.74, 6) is 0.483. The van der Waals surface area contributed by atoms with Crippen LogP contribution in [0.1, 0.15) is 17.0 Å². The predicted octanol–water partition coefficient (Wildman–Crippen LogP) is 2.55. The summed E-state index contributed by atoms with van der Waals surface area (Å²) in [6.07, 6.45) is 0.0799. The molecule has 1 aliphatic rings. The van der Waals surface area contributed by atoms with Crippen LogP contribution < -0.4 is 4.74 Å². The summed E-state index contributed by atoms with van der Waals surface area (Å²) >= 11 is 0. The van der Waals surface area contributed by atoms with Gasteiger partial charge in [-0.25, -0.2) is 4.39 Å². The molecular formula is C18H24FN3O2. The van der Waals surface area contributed by atoms with E-state index in [0.717, 1.165) is 42.3 Å². The number of methoxy groups -OCH3 is 1. The molecule has 0 spiro atoms. The smallest absolute Gasteiger partial charge is 0.123 e. The molecule has 0 N–H and O–H groups in total. The monoisotopic (exact) mass is 333 g/mol. The lowest BCUT2D eigenvalue weighted by Crippen LogP contribution is -2.44. The summed E-state index contributed by atoms with van der Waals surface area (Å²) in [7, 11) is 1.61. The first-order valence-electron chi connectivity index (χ1n) is 8.22. The van der Waals surface area contributed by atoms with Gasteiger partial charge >= 0.3 is 0 Å². The van der Waals surface area contributed by atoms with E-state index in [1.54, 1.807) is 19.2 Å². The van der Waals surface area contributed by atoms with Crippen LogP contribution in [0.5, 0.6) is 5.75 Å². The number of halogens is 1. The van der Waals surface area contributed by atoms with E-state index in [9.17, 15) is 4.39 Å². The molecule has 1 aromatic heterocycles. The van der Waals surface area contributed by atoms with Gasteiger partial charge in [-0.3, -0.25) is 9.58 Å². The second-order valence-electron chi connectivity index (χ2n) is 6.29. The van der Waals surface area contributed by atoms with Gasteiger partial charge in [0.1, 0.15) is 11.6 Å². The highest BCUT2D eigenvalue weighted by Crippen LogP contribution is 2.22. The largest absolute Gasteiger partial charge is 0.496 e. The lowest BCUT2D eigenvalue weighted by Gasteiger charge is -2.33. The van der Waals surface area contributed by atoms with Crippen molar-refractivity contribution in [1.82, 2.24) is 14.7 Å². The molecule has 3 rings (SSSR count). The maximum Gasteiger partial charge on any atom is 0.123 e. The lowest BCUT2D eigenvalue weighted by atomic mass is 10.1. The van der Waals surface area contributed by atoms with E-state index in [4.69, 9.17) is 9.47 Å². The van der Waals surface area contributed by atoms with Crippen molar-refractivity contribution in [3.05, 3.63) is 47.0 Å². The van der Waals surface area contributed by atoms with Gasteiger partial charge in [0, 0.05) is 30.9 Å². The van der Waals surface area contributed by atoms with Crippen LogP contribution in [0.2, 0.25) is 0 Å². The number of morpholine rings is 1. The Balaban J connectivity index is 1.65. The van der Waals surface area contributed by atoms with Crippen LogP contribution in [-0.2, 0) is 17.8 Å². The number of benzene rings is 1. The van der Waals surface area contributed by atoms with Gasteiger partial charge in [-0.1, -0.05) is 0 Å². The van der Waals surface area contributed by atoms with Crippen molar-refractivity contribution >= 4 is 0 Å². The van der Waals surface area contributed by atoms with E-state index in [1.165, 1.54) is 6.07 Å². The fourth-order valence-electron chi connectivity index (χ4n) is 3.20. The highest BCUT2D eigenvalue weighted by molar-refractivity contribution is 5.33. The molecule has 0 bridgehead atoms. The van der Waals surface area contributed by atoms with Gasteiger partial charge in [0.15, 0.2) is 0 Å². The molecule has 0 unspecified atom stereocenters. The van der Waals surface area contributed by atoms with E-state index >= 15 is 0 Å². The molecule has 0 aliphatic carbocycles. The Morgan fingerprint density at radius 1 is 1.33 bits per heavy atom. The van der Waals surface area contributed by atoms with Gasteiger partial charge in [0.05, 0.1) is 32.1 Å². The molecule has 1 saturated heterocycles. The SMILES string of the molecule is COc1ccc(F)cc1CN1CCO[C@@H](Cn2nc(C)cc2C)C1. The zero-order valence-electron chi connectivity index (χ0n) is 14.5. The van der Waals surface area contributed by atoms with Gasteiger partial charge in [0.25, 0.3) is 0 Å². The topological polar surface area (TPSA) is 39.5 Å². The van der Waals surface area contributed by atoms with Crippen molar-refractivity contribution in [2.45, 2.75) is 33.0 Å². The van der Waals surface area contributed by atoms with E-state index < -0.39 is 0 Å². The van der Waals surface area contributed by atoms with Crippen molar-refractivity contribution in [2.24, 2.45) is 0 Å². The fourth-order valence-corrected chi connectivity index (χ4v) is 3.20. The summed E-state index contributed by atoms with van der Waals surface area (Å²) in [5, 5.41) is 4.50. The van der Waals surface area contributed by atoms with E-state index in [1.807, 2.05) is 11.6 Å². The first-order valence-corrected chi connectivity index (χ1v) is 8.22. The van der Waals surface area contributed by atoms with Crippen LogP contribution in [0.4, 0.5) is 4.39 Å². The molecule has 0 amide bonds. The summed E-state index contributed by atoms with van der Waals surface area (Å²) < 4.78 is 26.8. The summed E-state index contributed by atoms with van der Waals surface area (Å²) in [5.41, 5.74) is 3.02. The average Bonchev–Trinajstić information content (AvgIpc) is 2.85. The Kier molecular flexibility index (Phi) is 5.16. The van der Waals surface area contributed by atoms with Crippen LogP contribution >= 0.6 is 0 Å². The fraction of sp³-hybridized carbons (Fsp3) is 0.500. The van der Waals surface area contributed by atoms with Gasteiger partial charge in [-0.15, -0.1) is 0 Å². The average molecular weight is 333 g/mol. The molecule has 1 aromatic carbocycles. The third-order valence-corrected chi connectivity index (χ3v) is 4.34. The Labute approximate surface area is 142 Å². The molecule has 24 heavy (non-hydrogen) atoms. The number of ether oxygens (including phenoxy) is 2. The predicted molar refractivity (Wildman–Crippen MR) is 89.7 cm³/mol. The number of nitrogens with zero attached hydrogens (tertiary/aromatic N) is 3. The molecule has 0 saturated carbocycles. The van der Waals surface area contributed by atoms with Crippen LogP contribution in [0.3, 0.4) is 0 Å². The van der Waals surface area contributed by atoms with Gasteiger partial charge in [-0.05, 0) is 38.1 Å². The number of hydrogen-bond donors (Lipinski definition) is 0. The van der Waals surface area contributed by atoms with Crippen molar-refractivity contribution < 1.29 is 13.9 Å². The normalized spacial score (nSPS) is 18.8. The molecule has 1 atom stereocenters. The van der Waals surface area contributed by atoms with Crippen LogP contribution in [0.15, 0.2) is 24.3 Å². The Morgan fingerprint density at radius 3 is 2.88 bits per heavy atom. The third-order valence-electron chi connectivity index (χ3n) is 4.34. The molecule has 2 heterocycles. The zero-order chi connectivity index (χ0) is 17.1. The highest BCUT2D eigenvalue weighted by Gasteiger charge is 2.22. The third kappa shape index (κ3) is 3.94. The minimum absolute atomic E-state index is 0.0799. The number of rotatable bonds is 5. The van der Waals surface area contributed by atoms with Gasteiger partial charge < -0.3 is 9.47 Å². The van der Waals surface area contributed by atoms with Crippen LogP contribution in [0.25, 0.3) is 0 Å². The molecule has 130 valence electrons. The minimum Gasteiger partial charge on any atom is -0.496 e. The summed E-state index contributed by atoms with van der Waals surface area (Å²) in [4.78, 5) is 2.27. The lowest BCUT2D eigenvalue weighted by molar-refractivity contribution is -0.0406. The Bertz CT molecular complexity index is 702. The number of aryl methyl sites for hydroxylation is 2. The highest BCUT2D eigenvalue weighted by atomic mass is 19.1. The van der Waals surface area contributed by atoms with E-state index in [-0.39, 0.29) is 11.9 Å². The molecular weight excluding hydrogens is 309 g/mol. The van der Waals surface area contributed by atoms with Crippen LogP contribution in [0, 0.1) is 19.7 Å². The van der Waals surface area contributed by atoms with Crippen molar-refractivity contribution in [3.8, 4) is 5.75 Å². The first kappa shape index (κ1) is 16.9. The molecule has 2 aromatic rings. The van der Waals surface area contributed by atoms with Crippen molar-refractivity contribution in [1.29, 1.82) is 0 Å². The second kappa shape index (κ2) is 7.32. The quantitative estimate of drug-likeness (QED) is 0.843. The maximum atomic E-state index is 13.5. The first-order chi connectivity index (χ1) is 11.5. The van der Waals surface area contributed by atoms with Crippen molar-refractivity contribution in [2.75, 3.05) is 26.8 Å². The summed E-state index contributed by atoms with van der Waals surface area (Å²) in [6, 6.07) is 6.72. The zero-order valence-corrected chi connectivity index (χ0v) is 14.5. The second-order valence-corrected chi connectivity index (χ2v) is 6.29. The Hall–Kier alpha value is -1.92. The standard InChI is InChI=1S/C18H24FN3O2/c1-13-8-14(2)22(20-13)12-17-11-21(6-7-24-17)10-15-9-16(19)4-5-18(15)23-3/h4-5,8-9,17H,6-7,10-12H2,1-3H3/t17-/m1/s1. The number of aromatic nitrogens is 2. The molecule has 1 aliphatic heterocycles. The van der Waals surface area contributed by atoms with Gasteiger partial charge in [0.2, 0.25) is 0 Å². The number of hydrogen-bond acceptors (Lipinski definition) is 4. The summed E-state index contributed by atoms with van der Waals surface area (Å²) in [6.45, 7) is 7.72. The minimum atomic E-state index is -0.238. The molecule has 0 radical (unpaired) electrons. The molecule has 5 nitrogen and oxygen atoms in total. The Morgan fingerprint density at radius 2 is 2.17 bits per heavy atom. The van der Waals surface area contributed by atoms with E-state index in [0.29, 0.717) is 13.2 Å². The molecule has 1 fully saturated rings. The molecule has 6 heteroatoms. The van der Waals surface area contributed by atoms with E-state index in [2.05, 4.69) is 23.0 Å². The maximum absolute atomic E-state index is 13.5. The van der Waals surface area contributed by atoms with Crippen LogP contribution in [-0.4, -0.2) is 47.6 Å². The van der Waals surface area contributed by atoms with Crippen molar-refractivity contribution in [3.63, 3.8) is 0 Å².